The molecule has 2 aliphatic rings. The normalized spacial score (nSPS) is 18.1. The van der Waals surface area contributed by atoms with Crippen molar-refractivity contribution in [1.82, 2.24) is 9.80 Å². The highest BCUT2D eigenvalue weighted by atomic mass is 32.2. The van der Waals surface area contributed by atoms with Crippen molar-refractivity contribution in [2.45, 2.75) is 6.18 Å². The van der Waals surface area contributed by atoms with Crippen LogP contribution in [0.3, 0.4) is 0 Å². The number of carbonyl (C=O) groups excluding carboxylic acids is 2. The average Bonchev–Trinajstić information content (AvgIpc) is 3.11. The van der Waals surface area contributed by atoms with Gasteiger partial charge < -0.3 is 9.47 Å². The molecule has 36 heavy (non-hydrogen) atoms. The summed E-state index contributed by atoms with van der Waals surface area (Å²) < 4.78 is 65.2. The molecule has 2 fully saturated rings. The van der Waals surface area contributed by atoms with Crippen molar-refractivity contribution in [2.24, 2.45) is 0 Å². The second kappa shape index (κ2) is 10.7. The van der Waals surface area contributed by atoms with Crippen LogP contribution in [0.5, 0.6) is 11.5 Å². The number of hydrogen-bond acceptors (Lipinski definition) is 7. The number of imide groups is 1. The first-order valence-corrected chi connectivity index (χ1v) is 11.6. The zero-order chi connectivity index (χ0) is 25.9. The van der Waals surface area contributed by atoms with E-state index < -0.39 is 40.2 Å². The summed E-state index contributed by atoms with van der Waals surface area (Å²) in [7, 11) is 0. The van der Waals surface area contributed by atoms with E-state index in [1.54, 1.807) is 6.07 Å². The van der Waals surface area contributed by atoms with Gasteiger partial charge in [-0.3, -0.25) is 19.4 Å². The molecule has 2 amide bonds. The SMILES string of the molecule is N#Cc1ccc(Oc2ccc(C=C3SC(=O)N(CCN4CCOCC4)C3=O)cc2F)c(C(F)(F)F)c1. The fourth-order valence-electron chi connectivity index (χ4n) is 3.63. The van der Waals surface area contributed by atoms with E-state index in [0.29, 0.717) is 38.9 Å². The van der Waals surface area contributed by atoms with Crippen molar-refractivity contribution >= 4 is 29.0 Å². The number of ether oxygens (including phenoxy) is 2. The quantitative estimate of drug-likeness (QED) is 0.396. The van der Waals surface area contributed by atoms with Crippen molar-refractivity contribution in [3.63, 3.8) is 0 Å². The first kappa shape index (κ1) is 25.7. The second-order valence-electron chi connectivity index (χ2n) is 7.90. The fraction of sp³-hybridized carbons (Fsp3) is 0.292. The number of nitrogens with zero attached hydrogens (tertiary/aromatic N) is 3. The monoisotopic (exact) mass is 521 g/mol. The Morgan fingerprint density at radius 1 is 1.08 bits per heavy atom. The Kier molecular flexibility index (Phi) is 7.63. The van der Waals surface area contributed by atoms with Crippen LogP contribution in [0.1, 0.15) is 16.7 Å². The van der Waals surface area contributed by atoms with Crippen molar-refractivity contribution in [3.8, 4) is 17.6 Å². The van der Waals surface area contributed by atoms with E-state index in [9.17, 15) is 27.2 Å². The Morgan fingerprint density at radius 2 is 1.81 bits per heavy atom. The molecule has 7 nitrogen and oxygen atoms in total. The summed E-state index contributed by atoms with van der Waals surface area (Å²) in [6.07, 6.45) is -3.47. The molecule has 0 aromatic heterocycles. The van der Waals surface area contributed by atoms with Crippen LogP contribution < -0.4 is 4.74 Å². The van der Waals surface area contributed by atoms with E-state index in [4.69, 9.17) is 14.7 Å². The highest BCUT2D eigenvalue weighted by Crippen LogP contribution is 2.39. The molecule has 0 aliphatic carbocycles. The van der Waals surface area contributed by atoms with Crippen molar-refractivity contribution in [3.05, 3.63) is 63.8 Å². The first-order valence-electron chi connectivity index (χ1n) is 10.8. The summed E-state index contributed by atoms with van der Waals surface area (Å²) in [4.78, 5) is 28.3. The van der Waals surface area contributed by atoms with Crippen LogP contribution in [0.25, 0.3) is 6.08 Å². The predicted molar refractivity (Wildman–Crippen MR) is 123 cm³/mol. The Morgan fingerprint density at radius 3 is 2.47 bits per heavy atom. The maximum Gasteiger partial charge on any atom is 0.420 e. The maximum absolute atomic E-state index is 14.7. The number of amides is 2. The van der Waals surface area contributed by atoms with Crippen LogP contribution in [0.4, 0.5) is 22.4 Å². The Balaban J connectivity index is 1.48. The van der Waals surface area contributed by atoms with Gasteiger partial charge in [0.2, 0.25) is 0 Å². The maximum atomic E-state index is 14.7. The van der Waals surface area contributed by atoms with E-state index in [0.717, 1.165) is 40.9 Å². The lowest BCUT2D eigenvalue weighted by Gasteiger charge is -2.27. The summed E-state index contributed by atoms with van der Waals surface area (Å²) in [6.45, 7) is 3.35. The Hall–Kier alpha value is -3.40. The van der Waals surface area contributed by atoms with Gasteiger partial charge in [-0.05, 0) is 53.7 Å². The molecular weight excluding hydrogens is 502 g/mol. The lowest BCUT2D eigenvalue weighted by atomic mass is 10.1. The smallest absolute Gasteiger partial charge is 0.420 e. The number of carbonyl (C=O) groups is 2. The lowest BCUT2D eigenvalue weighted by Crippen LogP contribution is -2.42. The predicted octanol–water partition coefficient (Wildman–Crippen LogP) is 4.88. The number of nitriles is 1. The molecule has 0 spiro atoms. The fourth-order valence-corrected chi connectivity index (χ4v) is 4.49. The van der Waals surface area contributed by atoms with Crippen LogP contribution in [0.15, 0.2) is 41.3 Å². The van der Waals surface area contributed by atoms with Gasteiger partial charge in [0.1, 0.15) is 5.75 Å². The number of alkyl halides is 3. The van der Waals surface area contributed by atoms with Gasteiger partial charge in [-0.15, -0.1) is 0 Å². The molecule has 0 saturated carbocycles. The zero-order valence-electron chi connectivity index (χ0n) is 18.7. The van der Waals surface area contributed by atoms with Crippen LogP contribution in [0, 0.1) is 17.1 Å². The number of halogens is 4. The molecule has 2 aromatic rings. The summed E-state index contributed by atoms with van der Waals surface area (Å²) in [5.74, 6) is -2.59. The summed E-state index contributed by atoms with van der Waals surface area (Å²) in [5, 5.41) is 8.43. The van der Waals surface area contributed by atoms with Crippen molar-refractivity contribution < 1.29 is 36.6 Å². The molecule has 0 radical (unpaired) electrons. The van der Waals surface area contributed by atoms with Gasteiger partial charge in [-0.25, -0.2) is 4.39 Å². The first-order chi connectivity index (χ1) is 17.2. The molecule has 188 valence electrons. The van der Waals surface area contributed by atoms with E-state index in [1.807, 2.05) is 0 Å². The molecular formula is C24H19F4N3O4S. The second-order valence-corrected chi connectivity index (χ2v) is 8.89. The van der Waals surface area contributed by atoms with Crippen LogP contribution in [-0.2, 0) is 15.7 Å². The number of benzene rings is 2. The molecule has 0 bridgehead atoms. The van der Waals surface area contributed by atoms with Crippen molar-refractivity contribution in [1.29, 1.82) is 5.26 Å². The highest BCUT2D eigenvalue weighted by Gasteiger charge is 2.36. The Bertz CT molecular complexity index is 1250. The molecule has 2 heterocycles. The van der Waals surface area contributed by atoms with Crippen LogP contribution in [0.2, 0.25) is 0 Å². The molecule has 0 atom stereocenters. The number of thioether (sulfide) groups is 1. The third-order valence-electron chi connectivity index (χ3n) is 5.50. The van der Waals surface area contributed by atoms with E-state index in [2.05, 4.69) is 4.90 Å². The highest BCUT2D eigenvalue weighted by molar-refractivity contribution is 8.18. The van der Waals surface area contributed by atoms with E-state index in [-0.39, 0.29) is 22.6 Å². The largest absolute Gasteiger partial charge is 0.454 e. The van der Waals surface area contributed by atoms with Crippen LogP contribution >= 0.6 is 11.8 Å². The molecule has 2 saturated heterocycles. The van der Waals surface area contributed by atoms with Crippen LogP contribution in [-0.4, -0.2) is 60.3 Å². The molecule has 0 unspecified atom stereocenters. The minimum atomic E-state index is -4.82. The Labute approximate surface area is 207 Å². The minimum absolute atomic E-state index is 0.112. The van der Waals surface area contributed by atoms with Gasteiger partial charge in [0.25, 0.3) is 11.1 Å². The molecule has 2 aromatic carbocycles. The van der Waals surface area contributed by atoms with Gasteiger partial charge in [0, 0.05) is 26.2 Å². The van der Waals surface area contributed by atoms with E-state index in [1.165, 1.54) is 12.1 Å². The topological polar surface area (TPSA) is 82.9 Å². The van der Waals surface area contributed by atoms with Gasteiger partial charge in [0.15, 0.2) is 11.6 Å². The lowest BCUT2D eigenvalue weighted by molar-refractivity contribution is -0.138. The van der Waals surface area contributed by atoms with E-state index >= 15 is 0 Å². The van der Waals surface area contributed by atoms with Gasteiger partial charge in [-0.1, -0.05) is 6.07 Å². The third kappa shape index (κ3) is 5.87. The van der Waals surface area contributed by atoms with Gasteiger partial charge in [0.05, 0.1) is 35.3 Å². The number of hydrogen-bond donors (Lipinski definition) is 0. The minimum Gasteiger partial charge on any atom is -0.454 e. The number of morpholine rings is 1. The number of rotatable bonds is 6. The molecule has 2 aliphatic heterocycles. The van der Waals surface area contributed by atoms with Crippen molar-refractivity contribution in [2.75, 3.05) is 39.4 Å². The molecule has 12 heteroatoms. The van der Waals surface area contributed by atoms with Gasteiger partial charge in [-0.2, -0.15) is 18.4 Å². The standard InChI is InChI=1S/C24H19F4N3O4S/c25-18-12-15(1-4-20(18)35-19-3-2-16(14-29)11-17(19)24(26,27)28)13-21-22(32)31(23(33)36-21)6-5-30-7-9-34-10-8-30/h1-4,11-13H,5-10H2. The molecule has 4 rings (SSSR count). The summed E-state index contributed by atoms with van der Waals surface area (Å²) in [5.41, 5.74) is -1.20. The molecule has 0 N–H and O–H groups in total. The summed E-state index contributed by atoms with van der Waals surface area (Å²) in [6, 6.07) is 7.80. The zero-order valence-corrected chi connectivity index (χ0v) is 19.5. The average molecular weight is 521 g/mol. The third-order valence-corrected chi connectivity index (χ3v) is 6.41. The van der Waals surface area contributed by atoms with Gasteiger partial charge >= 0.3 is 6.18 Å². The summed E-state index contributed by atoms with van der Waals surface area (Å²) >= 11 is 0.734.